The summed E-state index contributed by atoms with van der Waals surface area (Å²) in [6.45, 7) is 5.49. The molecular formula is C22H29N3O5. The first-order valence-electron chi connectivity index (χ1n) is 9.58. The molecule has 0 spiro atoms. The van der Waals surface area contributed by atoms with Crippen molar-refractivity contribution in [3.63, 3.8) is 0 Å². The minimum atomic E-state index is -0.608. The van der Waals surface area contributed by atoms with Crippen molar-refractivity contribution in [2.75, 3.05) is 21.3 Å². The van der Waals surface area contributed by atoms with Crippen LogP contribution in [0.2, 0.25) is 0 Å². The van der Waals surface area contributed by atoms with Gasteiger partial charge < -0.3 is 29.8 Å². The molecule has 1 aromatic heterocycles. The van der Waals surface area contributed by atoms with Gasteiger partial charge in [-0.15, -0.1) is 0 Å². The molecule has 0 saturated heterocycles. The molecule has 0 fully saturated rings. The summed E-state index contributed by atoms with van der Waals surface area (Å²) in [6, 6.07) is 3.01. The predicted octanol–water partition coefficient (Wildman–Crippen LogP) is 3.53. The fraction of sp³-hybridized carbons (Fsp3) is 0.364. The van der Waals surface area contributed by atoms with Gasteiger partial charge in [0.1, 0.15) is 12.0 Å². The Morgan fingerprint density at radius 3 is 2.33 bits per heavy atom. The number of carbonyl (C=O) groups excluding carboxylic acids is 1. The quantitative estimate of drug-likeness (QED) is 0.603. The average molecular weight is 415 g/mol. The number of nitrogens with two attached hydrogens (primary N) is 1. The van der Waals surface area contributed by atoms with Gasteiger partial charge in [0.25, 0.3) is 0 Å². The second-order valence-electron chi connectivity index (χ2n) is 6.54. The SMILES string of the molecule is C/C=C(\C=C(/CC)c1conc1-c1cc(OC)c(OC)c(OC)c1)NC(=O)C(C)N. The Balaban J connectivity index is 2.52. The van der Waals surface area contributed by atoms with Gasteiger partial charge in [0, 0.05) is 16.8 Å². The largest absolute Gasteiger partial charge is 0.493 e. The van der Waals surface area contributed by atoms with E-state index in [2.05, 4.69) is 10.5 Å². The maximum Gasteiger partial charge on any atom is 0.240 e. The average Bonchev–Trinajstić information content (AvgIpc) is 3.24. The van der Waals surface area contributed by atoms with Gasteiger partial charge in [0.2, 0.25) is 11.7 Å². The summed E-state index contributed by atoms with van der Waals surface area (Å²) < 4.78 is 21.6. The van der Waals surface area contributed by atoms with Gasteiger partial charge in [-0.05, 0) is 44.1 Å². The van der Waals surface area contributed by atoms with Crippen LogP contribution in [0.4, 0.5) is 0 Å². The second kappa shape index (κ2) is 10.5. The van der Waals surface area contributed by atoms with Crippen LogP contribution in [-0.2, 0) is 4.79 Å². The van der Waals surface area contributed by atoms with Crippen LogP contribution in [0.5, 0.6) is 17.2 Å². The molecule has 0 bridgehead atoms. The van der Waals surface area contributed by atoms with Gasteiger partial charge >= 0.3 is 0 Å². The maximum atomic E-state index is 12.0. The van der Waals surface area contributed by atoms with Crippen molar-refractivity contribution in [2.24, 2.45) is 5.73 Å². The molecule has 2 aromatic rings. The molecule has 162 valence electrons. The zero-order valence-electron chi connectivity index (χ0n) is 18.2. The summed E-state index contributed by atoms with van der Waals surface area (Å²) in [6.07, 6.45) is 5.95. The molecule has 0 aliphatic rings. The van der Waals surface area contributed by atoms with Crippen molar-refractivity contribution in [3.8, 4) is 28.5 Å². The number of hydrogen-bond acceptors (Lipinski definition) is 7. The van der Waals surface area contributed by atoms with E-state index in [0.29, 0.717) is 35.1 Å². The van der Waals surface area contributed by atoms with Crippen LogP contribution in [0.25, 0.3) is 16.8 Å². The molecule has 0 radical (unpaired) electrons. The van der Waals surface area contributed by atoms with Crippen LogP contribution in [0.1, 0.15) is 32.8 Å². The smallest absolute Gasteiger partial charge is 0.240 e. The lowest BCUT2D eigenvalue weighted by Gasteiger charge is -2.14. The van der Waals surface area contributed by atoms with E-state index in [4.69, 9.17) is 24.5 Å². The monoisotopic (exact) mass is 415 g/mol. The highest BCUT2D eigenvalue weighted by Crippen LogP contribution is 2.42. The summed E-state index contributed by atoms with van der Waals surface area (Å²) in [5.41, 5.74) is 9.39. The van der Waals surface area contributed by atoms with Gasteiger partial charge in [-0.1, -0.05) is 18.2 Å². The molecule has 8 heteroatoms. The number of methoxy groups -OCH3 is 3. The summed E-state index contributed by atoms with van der Waals surface area (Å²) in [5.74, 6) is 1.27. The standard InChI is InChI=1S/C22H29N3O5/c1-7-14(9-16(8-2)24-22(26)13(3)23)17-12-30-25-20(17)15-10-18(27-4)21(29-6)19(11-15)28-5/h8-13H,7,23H2,1-6H3,(H,24,26)/b14-9+,16-8+. The highest BCUT2D eigenvalue weighted by atomic mass is 16.5. The van der Waals surface area contributed by atoms with Crippen molar-refractivity contribution in [2.45, 2.75) is 33.2 Å². The lowest BCUT2D eigenvalue weighted by atomic mass is 9.98. The second-order valence-corrected chi connectivity index (χ2v) is 6.54. The maximum absolute atomic E-state index is 12.0. The van der Waals surface area contributed by atoms with Crippen molar-refractivity contribution >= 4 is 11.5 Å². The van der Waals surface area contributed by atoms with Gasteiger partial charge in [-0.25, -0.2) is 0 Å². The third kappa shape index (κ3) is 5.01. The Labute approximate surface area is 176 Å². The highest BCUT2D eigenvalue weighted by molar-refractivity contribution is 5.85. The van der Waals surface area contributed by atoms with Crippen LogP contribution < -0.4 is 25.3 Å². The molecule has 3 N–H and O–H groups in total. The lowest BCUT2D eigenvalue weighted by molar-refractivity contribution is -0.121. The summed E-state index contributed by atoms with van der Waals surface area (Å²) in [7, 11) is 4.66. The molecule has 8 nitrogen and oxygen atoms in total. The fourth-order valence-electron chi connectivity index (χ4n) is 2.90. The third-order valence-electron chi connectivity index (χ3n) is 4.56. The third-order valence-corrected chi connectivity index (χ3v) is 4.56. The topological polar surface area (TPSA) is 109 Å². The van der Waals surface area contributed by atoms with E-state index in [1.54, 1.807) is 34.5 Å². The van der Waals surface area contributed by atoms with Crippen molar-refractivity contribution in [1.29, 1.82) is 0 Å². The van der Waals surface area contributed by atoms with Crippen molar-refractivity contribution < 1.29 is 23.5 Å². The number of amides is 1. The van der Waals surface area contributed by atoms with Gasteiger partial charge in [0.05, 0.1) is 27.4 Å². The number of rotatable bonds is 9. The Morgan fingerprint density at radius 2 is 1.87 bits per heavy atom. The van der Waals surface area contributed by atoms with Gasteiger partial charge in [-0.3, -0.25) is 4.79 Å². The molecule has 1 aromatic carbocycles. The molecule has 1 heterocycles. The Bertz CT molecular complexity index is 919. The number of aromatic nitrogens is 1. The zero-order valence-corrected chi connectivity index (χ0v) is 18.2. The molecule has 0 aliphatic carbocycles. The first-order chi connectivity index (χ1) is 14.4. The first kappa shape index (κ1) is 23.0. The Hall–Kier alpha value is -3.26. The number of nitrogens with one attached hydrogen (secondary N) is 1. The van der Waals surface area contributed by atoms with Gasteiger partial charge in [0.15, 0.2) is 11.5 Å². The van der Waals surface area contributed by atoms with E-state index in [0.717, 1.165) is 16.7 Å². The number of carbonyl (C=O) groups is 1. The Morgan fingerprint density at radius 1 is 1.23 bits per heavy atom. The molecule has 1 atom stereocenters. The summed E-state index contributed by atoms with van der Waals surface area (Å²) in [5, 5.41) is 7.01. The number of nitrogens with zero attached hydrogens (tertiary/aromatic N) is 1. The number of benzene rings is 1. The number of hydrogen-bond donors (Lipinski definition) is 2. The van der Waals surface area contributed by atoms with Crippen LogP contribution in [0.15, 0.2) is 40.8 Å². The summed E-state index contributed by atoms with van der Waals surface area (Å²) >= 11 is 0. The molecular weight excluding hydrogens is 386 g/mol. The normalized spacial score (nSPS) is 13.0. The molecule has 0 aliphatic heterocycles. The van der Waals surface area contributed by atoms with Crippen molar-refractivity contribution in [3.05, 3.63) is 41.8 Å². The van der Waals surface area contributed by atoms with E-state index < -0.39 is 6.04 Å². The lowest BCUT2D eigenvalue weighted by Crippen LogP contribution is -2.37. The van der Waals surface area contributed by atoms with E-state index in [9.17, 15) is 4.79 Å². The van der Waals surface area contributed by atoms with Crippen LogP contribution >= 0.6 is 0 Å². The minimum Gasteiger partial charge on any atom is -0.493 e. The van der Waals surface area contributed by atoms with Crippen LogP contribution in [0.3, 0.4) is 0 Å². The zero-order chi connectivity index (χ0) is 22.3. The number of ether oxygens (including phenoxy) is 3. The fourth-order valence-corrected chi connectivity index (χ4v) is 2.90. The van der Waals surface area contributed by atoms with Crippen LogP contribution in [0, 0.1) is 0 Å². The van der Waals surface area contributed by atoms with E-state index in [-0.39, 0.29) is 5.91 Å². The highest BCUT2D eigenvalue weighted by Gasteiger charge is 2.20. The number of allylic oxidation sites excluding steroid dienone is 3. The molecule has 1 unspecified atom stereocenters. The van der Waals surface area contributed by atoms with E-state index >= 15 is 0 Å². The van der Waals surface area contributed by atoms with E-state index in [1.807, 2.05) is 38.1 Å². The van der Waals surface area contributed by atoms with Crippen molar-refractivity contribution in [1.82, 2.24) is 10.5 Å². The minimum absolute atomic E-state index is 0.259. The predicted molar refractivity (Wildman–Crippen MR) is 115 cm³/mol. The summed E-state index contributed by atoms with van der Waals surface area (Å²) in [4.78, 5) is 12.0. The molecule has 30 heavy (non-hydrogen) atoms. The van der Waals surface area contributed by atoms with Crippen LogP contribution in [-0.4, -0.2) is 38.4 Å². The van der Waals surface area contributed by atoms with Gasteiger partial charge in [-0.2, -0.15) is 0 Å². The Kier molecular flexibility index (Phi) is 8.06. The molecule has 2 rings (SSSR count). The first-order valence-corrected chi connectivity index (χ1v) is 9.58. The van der Waals surface area contributed by atoms with E-state index in [1.165, 1.54) is 0 Å². The molecule has 0 saturated carbocycles. The molecule has 1 amide bonds.